The van der Waals surface area contributed by atoms with E-state index in [4.69, 9.17) is 11.0 Å². The van der Waals surface area contributed by atoms with Crippen LogP contribution in [-0.4, -0.2) is 18.5 Å². The Hall–Kier alpha value is -1.75. The van der Waals surface area contributed by atoms with Gasteiger partial charge in [0.15, 0.2) is 5.78 Å². The molecule has 0 saturated heterocycles. The number of carbonyl (C=O) groups is 1. The third kappa shape index (κ3) is 3.61. The topological polar surface area (TPSA) is 78.9 Å². The molecule has 0 amide bonds. The molecule has 0 aliphatic rings. The summed E-state index contributed by atoms with van der Waals surface area (Å²) in [5.41, 5.74) is 5.47. The highest BCUT2D eigenvalue weighted by molar-refractivity contribution is 7.19. The number of halogens is 3. The number of thiophene rings is 1. The number of ketones is 1. The molecule has 0 aliphatic heterocycles. The molecule has 0 bridgehead atoms. The van der Waals surface area contributed by atoms with Gasteiger partial charge in [0.2, 0.25) is 0 Å². The predicted octanol–water partition coefficient (Wildman–Crippen LogP) is 3.01. The fourth-order valence-electron chi connectivity index (χ4n) is 1.31. The molecule has 1 rings (SSSR count). The van der Waals surface area contributed by atoms with Crippen LogP contribution in [0.5, 0.6) is 0 Å². The van der Waals surface area contributed by atoms with Crippen LogP contribution in [0.25, 0.3) is 0 Å². The number of nitrogens with two attached hydrogens (primary N) is 1. The van der Waals surface area contributed by atoms with Crippen molar-refractivity contribution in [2.45, 2.75) is 20.0 Å². The van der Waals surface area contributed by atoms with E-state index in [0.717, 1.165) is 11.3 Å². The van der Waals surface area contributed by atoms with Gasteiger partial charge in [-0.3, -0.25) is 4.79 Å². The van der Waals surface area contributed by atoms with E-state index in [1.807, 2.05) is 0 Å². The van der Waals surface area contributed by atoms with Gasteiger partial charge in [0.1, 0.15) is 23.2 Å². The molecule has 3 N–H and O–H groups in total. The number of nitrogen functional groups attached to an aromatic ring is 1. The zero-order valence-electron chi connectivity index (χ0n) is 10.3. The van der Waals surface area contributed by atoms with Crippen LogP contribution in [0.2, 0.25) is 0 Å². The molecule has 0 unspecified atom stereocenters. The van der Waals surface area contributed by atoms with Crippen LogP contribution in [-0.2, 0) is 0 Å². The minimum absolute atomic E-state index is 0.0266. The Bertz CT molecular complexity index is 529. The van der Waals surface area contributed by atoms with E-state index in [-0.39, 0.29) is 32.8 Å². The molecule has 19 heavy (non-hydrogen) atoms. The second-order valence-electron chi connectivity index (χ2n) is 4.15. The number of nitrogens with zero attached hydrogens (tertiary/aromatic N) is 1. The Morgan fingerprint density at radius 3 is 2.53 bits per heavy atom. The van der Waals surface area contributed by atoms with Crippen molar-refractivity contribution in [1.29, 1.82) is 5.26 Å². The summed E-state index contributed by atoms with van der Waals surface area (Å²) in [6, 6.07) is 1.72. The number of alkyl halides is 3. The van der Waals surface area contributed by atoms with Crippen molar-refractivity contribution in [1.82, 2.24) is 0 Å². The molecule has 104 valence electrons. The predicted molar refractivity (Wildman–Crippen MR) is 67.2 cm³/mol. The highest BCUT2D eigenvalue weighted by Gasteiger charge is 2.29. The number of rotatable bonds is 4. The number of nitrogens with one attached hydrogen (secondary N) is 1. The Labute approximate surface area is 112 Å². The van der Waals surface area contributed by atoms with Gasteiger partial charge in [0, 0.05) is 5.92 Å². The summed E-state index contributed by atoms with van der Waals surface area (Å²) in [6.07, 6.45) is -4.41. The van der Waals surface area contributed by atoms with Gasteiger partial charge in [-0.1, -0.05) is 13.8 Å². The maximum absolute atomic E-state index is 12.1. The average molecular weight is 291 g/mol. The number of nitriles is 1. The zero-order chi connectivity index (χ0) is 14.8. The van der Waals surface area contributed by atoms with Crippen LogP contribution in [0.3, 0.4) is 0 Å². The van der Waals surface area contributed by atoms with Gasteiger partial charge in [0.05, 0.1) is 10.6 Å². The van der Waals surface area contributed by atoms with Crippen molar-refractivity contribution in [3.05, 3.63) is 10.4 Å². The van der Waals surface area contributed by atoms with Crippen LogP contribution < -0.4 is 11.1 Å². The lowest BCUT2D eigenvalue weighted by atomic mass is 10.1. The monoisotopic (exact) mass is 291 g/mol. The summed E-state index contributed by atoms with van der Waals surface area (Å²) in [4.78, 5) is 11.9. The zero-order valence-corrected chi connectivity index (χ0v) is 11.1. The third-order valence-corrected chi connectivity index (χ3v) is 3.43. The van der Waals surface area contributed by atoms with Gasteiger partial charge in [-0.2, -0.15) is 18.4 Å². The summed E-state index contributed by atoms with van der Waals surface area (Å²) >= 11 is 0.780. The molecule has 1 aromatic rings. The number of Topliss-reactive ketones (excluding diaryl/α,β-unsaturated/α-hetero) is 1. The minimum Gasteiger partial charge on any atom is -0.396 e. The third-order valence-electron chi connectivity index (χ3n) is 2.25. The van der Waals surface area contributed by atoms with Gasteiger partial charge >= 0.3 is 6.18 Å². The van der Waals surface area contributed by atoms with Crippen LogP contribution >= 0.6 is 11.3 Å². The van der Waals surface area contributed by atoms with E-state index >= 15 is 0 Å². The molecule has 0 fully saturated rings. The number of carbonyl (C=O) groups excluding carboxylic acids is 1. The fraction of sp³-hybridized carbons (Fsp3) is 0.455. The van der Waals surface area contributed by atoms with Crippen LogP contribution in [0, 0.1) is 17.2 Å². The fourth-order valence-corrected chi connectivity index (χ4v) is 2.46. The van der Waals surface area contributed by atoms with Crippen LogP contribution in [0.1, 0.15) is 29.1 Å². The molecule has 0 atom stereocenters. The molecular formula is C11H12F3N3OS. The van der Waals surface area contributed by atoms with E-state index in [1.165, 1.54) is 0 Å². The average Bonchev–Trinajstić information content (AvgIpc) is 2.61. The largest absolute Gasteiger partial charge is 0.405 e. The molecule has 8 heteroatoms. The summed E-state index contributed by atoms with van der Waals surface area (Å²) in [5.74, 6) is -0.637. The maximum Gasteiger partial charge on any atom is 0.405 e. The first-order chi connectivity index (χ1) is 8.67. The molecule has 0 spiro atoms. The maximum atomic E-state index is 12.1. The first-order valence-electron chi connectivity index (χ1n) is 5.34. The second kappa shape index (κ2) is 5.48. The highest BCUT2D eigenvalue weighted by Crippen LogP contribution is 2.37. The second-order valence-corrected chi connectivity index (χ2v) is 5.17. The molecule has 0 saturated carbocycles. The first kappa shape index (κ1) is 15.3. The SMILES string of the molecule is CC(C)C(=O)c1sc(NCC(F)(F)F)c(C#N)c1N. The number of hydrogen-bond acceptors (Lipinski definition) is 5. The Kier molecular flexibility index (Phi) is 4.42. The van der Waals surface area contributed by atoms with Gasteiger partial charge in [-0.05, 0) is 0 Å². The first-order valence-corrected chi connectivity index (χ1v) is 6.16. The molecule has 0 aliphatic carbocycles. The van der Waals surface area contributed by atoms with Crippen molar-refractivity contribution >= 4 is 27.8 Å². The standard InChI is InChI=1S/C11H12F3N3OS/c1-5(2)8(18)9-7(16)6(3-15)10(19-9)17-4-11(12,13)14/h5,17H,4,16H2,1-2H3. The molecule has 1 heterocycles. The van der Waals surface area contributed by atoms with Crippen LogP contribution in [0.15, 0.2) is 0 Å². The van der Waals surface area contributed by atoms with Gasteiger partial charge in [0.25, 0.3) is 0 Å². The highest BCUT2D eigenvalue weighted by atomic mass is 32.1. The smallest absolute Gasteiger partial charge is 0.396 e. The molecule has 0 aromatic carbocycles. The summed E-state index contributed by atoms with van der Waals surface area (Å²) in [7, 11) is 0. The van der Waals surface area contributed by atoms with Crippen molar-refractivity contribution < 1.29 is 18.0 Å². The molecule has 0 radical (unpaired) electrons. The summed E-state index contributed by atoms with van der Waals surface area (Å²) in [5, 5.41) is 11.0. The lowest BCUT2D eigenvalue weighted by molar-refractivity contribution is -0.115. The minimum atomic E-state index is -4.41. The van der Waals surface area contributed by atoms with Gasteiger partial charge < -0.3 is 11.1 Å². The Morgan fingerprint density at radius 2 is 2.11 bits per heavy atom. The summed E-state index contributed by atoms with van der Waals surface area (Å²) < 4.78 is 36.4. The van der Waals surface area contributed by atoms with E-state index < -0.39 is 12.7 Å². The van der Waals surface area contributed by atoms with E-state index in [0.29, 0.717) is 0 Å². The van der Waals surface area contributed by atoms with Crippen molar-refractivity contribution in [3.8, 4) is 6.07 Å². The van der Waals surface area contributed by atoms with E-state index in [2.05, 4.69) is 5.32 Å². The summed E-state index contributed by atoms with van der Waals surface area (Å²) in [6.45, 7) is 2.02. The molecule has 1 aromatic heterocycles. The lowest BCUT2D eigenvalue weighted by Gasteiger charge is -2.07. The lowest BCUT2D eigenvalue weighted by Crippen LogP contribution is -2.21. The Morgan fingerprint density at radius 1 is 1.53 bits per heavy atom. The van der Waals surface area contributed by atoms with Crippen molar-refractivity contribution in [2.75, 3.05) is 17.6 Å². The molecular weight excluding hydrogens is 279 g/mol. The van der Waals surface area contributed by atoms with Crippen molar-refractivity contribution in [3.63, 3.8) is 0 Å². The van der Waals surface area contributed by atoms with E-state index in [1.54, 1.807) is 19.9 Å². The number of anilines is 2. The van der Waals surface area contributed by atoms with Crippen LogP contribution in [0.4, 0.5) is 23.9 Å². The van der Waals surface area contributed by atoms with Gasteiger partial charge in [-0.25, -0.2) is 0 Å². The van der Waals surface area contributed by atoms with Crippen molar-refractivity contribution in [2.24, 2.45) is 5.92 Å². The normalized spacial score (nSPS) is 11.4. The Balaban J connectivity index is 3.10. The van der Waals surface area contributed by atoms with Gasteiger partial charge in [-0.15, -0.1) is 11.3 Å². The quantitative estimate of drug-likeness (QED) is 0.836. The van der Waals surface area contributed by atoms with E-state index in [9.17, 15) is 18.0 Å². The number of hydrogen-bond donors (Lipinski definition) is 2. The molecule has 4 nitrogen and oxygen atoms in total.